The van der Waals surface area contributed by atoms with Crippen LogP contribution in [0.25, 0.3) is 0 Å². The van der Waals surface area contributed by atoms with Gasteiger partial charge in [-0.3, -0.25) is 4.79 Å². The number of rotatable bonds is 7. The quantitative estimate of drug-likeness (QED) is 0.628. The number of amides is 1. The molecule has 0 aliphatic carbocycles. The highest BCUT2D eigenvalue weighted by molar-refractivity contribution is 5.85. The molecule has 0 saturated carbocycles. The van der Waals surface area contributed by atoms with E-state index in [1.165, 1.54) is 0 Å². The molecule has 0 heterocycles. The maximum atomic E-state index is 11.9. The van der Waals surface area contributed by atoms with E-state index in [0.717, 1.165) is 6.54 Å². The third-order valence-corrected chi connectivity index (χ3v) is 2.42. The molecule has 1 unspecified atom stereocenters. The van der Waals surface area contributed by atoms with Crippen LogP contribution in [0.4, 0.5) is 0 Å². The molecule has 0 radical (unpaired) electrons. The third-order valence-electron chi connectivity index (χ3n) is 2.42. The normalized spacial score (nSPS) is 13.9. The van der Waals surface area contributed by atoms with E-state index >= 15 is 0 Å². The van der Waals surface area contributed by atoms with E-state index in [-0.39, 0.29) is 11.9 Å². The van der Waals surface area contributed by atoms with E-state index in [4.69, 9.17) is 9.47 Å². The van der Waals surface area contributed by atoms with Crippen molar-refractivity contribution in [2.24, 2.45) is 0 Å². The van der Waals surface area contributed by atoms with Crippen LogP contribution in [0, 0.1) is 0 Å². The van der Waals surface area contributed by atoms with Gasteiger partial charge in [0.2, 0.25) is 5.91 Å². The van der Waals surface area contributed by atoms with Gasteiger partial charge in [-0.15, -0.1) is 0 Å². The van der Waals surface area contributed by atoms with Crippen molar-refractivity contribution >= 4 is 5.91 Å². The number of ether oxygens (including phenoxy) is 2. The van der Waals surface area contributed by atoms with Crippen LogP contribution in [-0.4, -0.2) is 44.5 Å². The molecular weight excluding hydrogens is 208 g/mol. The lowest BCUT2D eigenvalue weighted by Gasteiger charge is -2.29. The predicted molar refractivity (Wildman–Crippen MR) is 63.2 cm³/mol. The van der Waals surface area contributed by atoms with Crippen molar-refractivity contribution in [1.82, 2.24) is 10.6 Å². The summed E-state index contributed by atoms with van der Waals surface area (Å²) in [6.07, 6.45) is -0.429. The van der Waals surface area contributed by atoms with Gasteiger partial charge in [-0.1, -0.05) is 6.92 Å². The van der Waals surface area contributed by atoms with Crippen molar-refractivity contribution in [3.63, 3.8) is 0 Å². The second kappa shape index (κ2) is 6.83. The minimum Gasteiger partial charge on any atom is -0.354 e. The van der Waals surface area contributed by atoms with Crippen LogP contribution in [0.2, 0.25) is 0 Å². The average molecular weight is 232 g/mol. The Morgan fingerprint density at radius 3 is 2.19 bits per heavy atom. The molecule has 0 spiro atoms. The van der Waals surface area contributed by atoms with Crippen molar-refractivity contribution in [1.29, 1.82) is 0 Å². The maximum Gasteiger partial charge on any atom is 0.240 e. The zero-order valence-electron chi connectivity index (χ0n) is 11.1. The first-order chi connectivity index (χ1) is 7.38. The average Bonchev–Trinajstić information content (AvgIpc) is 2.19. The van der Waals surface area contributed by atoms with Gasteiger partial charge in [0.05, 0.1) is 11.6 Å². The third kappa shape index (κ3) is 4.47. The fraction of sp³-hybridized carbons (Fsp3) is 0.909. The summed E-state index contributed by atoms with van der Waals surface area (Å²) in [4.78, 5) is 11.9. The summed E-state index contributed by atoms with van der Waals surface area (Å²) in [6.45, 7) is 8.23. The fourth-order valence-corrected chi connectivity index (χ4v) is 1.48. The van der Waals surface area contributed by atoms with Crippen molar-refractivity contribution in [2.75, 3.05) is 20.8 Å². The zero-order chi connectivity index (χ0) is 12.8. The van der Waals surface area contributed by atoms with Gasteiger partial charge in [0, 0.05) is 14.2 Å². The first-order valence-corrected chi connectivity index (χ1v) is 5.50. The molecule has 0 fully saturated rings. The smallest absolute Gasteiger partial charge is 0.240 e. The number of carbonyl (C=O) groups excluding carboxylic acids is 1. The first-order valence-electron chi connectivity index (χ1n) is 5.50. The number of likely N-dealkylation sites (N-methyl/N-ethyl adjacent to an activating group) is 1. The van der Waals surface area contributed by atoms with Crippen LogP contribution in [0.5, 0.6) is 0 Å². The highest BCUT2D eigenvalue weighted by Gasteiger charge is 2.29. The summed E-state index contributed by atoms with van der Waals surface area (Å²) in [7, 11) is 3.10. The van der Waals surface area contributed by atoms with Crippen molar-refractivity contribution in [3.05, 3.63) is 0 Å². The molecule has 5 heteroatoms. The molecule has 0 bridgehead atoms. The standard InChI is InChI=1S/C11H24N2O3/c1-7-12-11(3,4)10(14)13-8(2)9(15-5)16-6/h8-9,12H,7H2,1-6H3,(H,13,14). The minimum absolute atomic E-state index is 0.0686. The molecule has 2 N–H and O–H groups in total. The molecule has 5 nitrogen and oxygen atoms in total. The van der Waals surface area contributed by atoms with Gasteiger partial charge in [0.25, 0.3) is 0 Å². The Kier molecular flexibility index (Phi) is 6.55. The predicted octanol–water partition coefficient (Wildman–Crippen LogP) is 0.498. The van der Waals surface area contributed by atoms with E-state index in [9.17, 15) is 4.79 Å². The fourth-order valence-electron chi connectivity index (χ4n) is 1.48. The maximum absolute atomic E-state index is 11.9. The largest absolute Gasteiger partial charge is 0.354 e. The second-order valence-electron chi connectivity index (χ2n) is 4.26. The van der Waals surface area contributed by atoms with Gasteiger partial charge >= 0.3 is 0 Å². The van der Waals surface area contributed by atoms with Gasteiger partial charge < -0.3 is 20.1 Å². The molecule has 16 heavy (non-hydrogen) atoms. The van der Waals surface area contributed by atoms with E-state index in [1.54, 1.807) is 14.2 Å². The summed E-state index contributed by atoms with van der Waals surface area (Å²) in [5, 5.41) is 5.96. The SMILES string of the molecule is CCNC(C)(C)C(=O)NC(C)C(OC)OC. The van der Waals surface area contributed by atoms with Crippen molar-refractivity contribution in [3.8, 4) is 0 Å². The van der Waals surface area contributed by atoms with E-state index in [0.29, 0.717) is 0 Å². The molecule has 96 valence electrons. The van der Waals surface area contributed by atoms with Crippen LogP contribution >= 0.6 is 0 Å². The van der Waals surface area contributed by atoms with Gasteiger partial charge in [0.1, 0.15) is 0 Å². The molecular formula is C11H24N2O3. The summed E-state index contributed by atoms with van der Waals surface area (Å²) < 4.78 is 10.2. The van der Waals surface area contributed by atoms with Gasteiger partial charge in [-0.25, -0.2) is 0 Å². The Bertz CT molecular complexity index is 215. The monoisotopic (exact) mass is 232 g/mol. The lowest BCUT2D eigenvalue weighted by Crippen LogP contribution is -2.56. The Balaban J connectivity index is 4.32. The van der Waals surface area contributed by atoms with Crippen LogP contribution in [0.3, 0.4) is 0 Å². The number of nitrogens with one attached hydrogen (secondary N) is 2. The zero-order valence-corrected chi connectivity index (χ0v) is 11.1. The highest BCUT2D eigenvalue weighted by atomic mass is 16.7. The molecule has 0 rings (SSSR count). The molecule has 0 aromatic carbocycles. The molecule has 0 aliphatic rings. The second-order valence-corrected chi connectivity index (χ2v) is 4.26. The van der Waals surface area contributed by atoms with Crippen LogP contribution in [0.1, 0.15) is 27.7 Å². The van der Waals surface area contributed by atoms with Gasteiger partial charge in [-0.2, -0.15) is 0 Å². The van der Waals surface area contributed by atoms with Crippen molar-refractivity contribution < 1.29 is 14.3 Å². The lowest BCUT2D eigenvalue weighted by atomic mass is 10.0. The minimum atomic E-state index is -0.588. The number of methoxy groups -OCH3 is 2. The molecule has 1 amide bonds. The summed E-state index contributed by atoms with van der Waals surface area (Å²) >= 11 is 0. The molecule has 1 atom stereocenters. The number of hydrogen-bond donors (Lipinski definition) is 2. The summed E-state index contributed by atoms with van der Waals surface area (Å²) in [5.41, 5.74) is -0.588. The van der Waals surface area contributed by atoms with Crippen LogP contribution in [0.15, 0.2) is 0 Å². The molecule has 0 aromatic heterocycles. The Hall–Kier alpha value is -0.650. The van der Waals surface area contributed by atoms with Crippen LogP contribution < -0.4 is 10.6 Å². The Morgan fingerprint density at radius 1 is 1.31 bits per heavy atom. The number of hydrogen-bond acceptors (Lipinski definition) is 4. The number of carbonyl (C=O) groups is 1. The first kappa shape index (κ1) is 15.3. The lowest BCUT2D eigenvalue weighted by molar-refractivity contribution is -0.139. The molecule has 0 aromatic rings. The van der Waals surface area contributed by atoms with Crippen molar-refractivity contribution in [2.45, 2.75) is 45.6 Å². The summed E-state index contributed by atoms with van der Waals surface area (Å²) in [5.74, 6) is -0.0686. The van der Waals surface area contributed by atoms with Crippen LogP contribution in [-0.2, 0) is 14.3 Å². The Morgan fingerprint density at radius 2 is 1.81 bits per heavy atom. The highest BCUT2D eigenvalue weighted by Crippen LogP contribution is 2.05. The van der Waals surface area contributed by atoms with E-state index in [2.05, 4.69) is 10.6 Å². The molecule has 0 aliphatic heterocycles. The Labute approximate surface area is 97.9 Å². The topological polar surface area (TPSA) is 59.6 Å². The van der Waals surface area contributed by atoms with E-state index < -0.39 is 11.8 Å². The van der Waals surface area contributed by atoms with Gasteiger partial charge in [0.15, 0.2) is 6.29 Å². The van der Waals surface area contributed by atoms with E-state index in [1.807, 2.05) is 27.7 Å². The summed E-state index contributed by atoms with van der Waals surface area (Å²) in [6, 6.07) is -0.194. The molecule has 0 saturated heterocycles. The van der Waals surface area contributed by atoms with Gasteiger partial charge in [-0.05, 0) is 27.3 Å².